The van der Waals surface area contributed by atoms with E-state index in [1.165, 1.54) is 0 Å². The Kier molecular flexibility index (Phi) is 3.20. The van der Waals surface area contributed by atoms with E-state index in [9.17, 15) is 28.8 Å². The van der Waals surface area contributed by atoms with Crippen LogP contribution in [0.4, 0.5) is 0 Å². The monoisotopic (exact) mass is 290 g/mol. The largest absolute Gasteiger partial charge is 0.423 e. The maximum Gasteiger partial charge on any atom is 0.423 e. The molecule has 0 spiro atoms. The average Bonchev–Trinajstić information content (AvgIpc) is 2.83. The Morgan fingerprint density at radius 3 is 1.15 bits per heavy atom. The first-order valence-electron chi connectivity index (χ1n) is 4.61. The summed E-state index contributed by atoms with van der Waals surface area (Å²) in [6.45, 7) is -4.08. The zero-order valence-corrected chi connectivity index (χ0v) is 9.05. The molecule has 0 aliphatic carbocycles. The molecule has 0 amide bonds. The van der Waals surface area contributed by atoms with E-state index in [4.69, 9.17) is 0 Å². The zero-order valence-electron chi connectivity index (χ0n) is 9.05. The molecule has 0 radical (unpaired) electrons. The fourth-order valence-corrected chi connectivity index (χ4v) is 0.957. The number of esters is 6. The van der Waals surface area contributed by atoms with Crippen LogP contribution in [0.1, 0.15) is 0 Å². The van der Waals surface area contributed by atoms with Crippen molar-refractivity contribution in [1.29, 1.82) is 0 Å². The van der Waals surface area contributed by atoms with Gasteiger partial charge in [-0.3, -0.25) is 0 Å². The SMILES string of the molecule is O=C1OC(OC(=O)C(=O)OC2OC(=O)C(=O)O2)OC1=O. The van der Waals surface area contributed by atoms with Gasteiger partial charge in [-0.15, -0.1) is 0 Å². The van der Waals surface area contributed by atoms with Crippen molar-refractivity contribution in [2.24, 2.45) is 0 Å². The molecule has 2 heterocycles. The summed E-state index contributed by atoms with van der Waals surface area (Å²) in [7, 11) is 0. The lowest BCUT2D eigenvalue weighted by Crippen LogP contribution is -2.30. The first-order chi connectivity index (χ1) is 9.36. The Morgan fingerprint density at radius 2 is 0.900 bits per heavy atom. The molecule has 106 valence electrons. The molecule has 2 rings (SSSR count). The van der Waals surface area contributed by atoms with Crippen molar-refractivity contribution in [2.75, 3.05) is 0 Å². The first-order valence-corrected chi connectivity index (χ1v) is 4.61. The number of hydrogen-bond donors (Lipinski definition) is 0. The first kappa shape index (κ1) is 13.3. The highest BCUT2D eigenvalue weighted by Crippen LogP contribution is 2.11. The van der Waals surface area contributed by atoms with Gasteiger partial charge in [0, 0.05) is 0 Å². The van der Waals surface area contributed by atoms with Gasteiger partial charge in [0.05, 0.1) is 0 Å². The molecule has 0 aromatic rings. The second-order valence-corrected chi connectivity index (χ2v) is 3.01. The number of carbonyl (C=O) groups is 6. The van der Waals surface area contributed by atoms with E-state index in [1.807, 2.05) is 0 Å². The molecule has 2 aliphatic rings. The van der Waals surface area contributed by atoms with Gasteiger partial charge in [0.2, 0.25) is 0 Å². The molecule has 2 fully saturated rings. The van der Waals surface area contributed by atoms with Gasteiger partial charge >= 0.3 is 48.8 Å². The summed E-state index contributed by atoms with van der Waals surface area (Å²) in [6.07, 6.45) is 0. The predicted octanol–water partition coefficient (Wildman–Crippen LogP) is -3.16. The van der Waals surface area contributed by atoms with Crippen molar-refractivity contribution in [3.8, 4) is 0 Å². The fourth-order valence-electron chi connectivity index (χ4n) is 0.957. The maximum absolute atomic E-state index is 11.1. The Bertz CT molecular complexity index is 452. The molecule has 12 heteroatoms. The van der Waals surface area contributed by atoms with E-state index >= 15 is 0 Å². The second kappa shape index (κ2) is 4.83. The lowest BCUT2D eigenvalue weighted by molar-refractivity contribution is -0.244. The van der Waals surface area contributed by atoms with Crippen LogP contribution in [0.2, 0.25) is 0 Å². The van der Waals surface area contributed by atoms with E-state index < -0.39 is 48.8 Å². The molecular formula is C8H2O12. The van der Waals surface area contributed by atoms with Gasteiger partial charge in [0.15, 0.2) is 0 Å². The minimum Gasteiger partial charge on any atom is -0.382 e. The van der Waals surface area contributed by atoms with E-state index in [1.54, 1.807) is 0 Å². The van der Waals surface area contributed by atoms with Crippen LogP contribution < -0.4 is 0 Å². The molecule has 0 aromatic heterocycles. The highest BCUT2D eigenvalue weighted by atomic mass is 16.9. The third-order valence-corrected chi connectivity index (χ3v) is 1.72. The lowest BCUT2D eigenvalue weighted by atomic mass is 10.7. The Hall–Kier alpha value is -3.18. The van der Waals surface area contributed by atoms with Crippen molar-refractivity contribution in [3.63, 3.8) is 0 Å². The minimum atomic E-state index is -2.04. The topological polar surface area (TPSA) is 158 Å². The Labute approximate surface area is 107 Å². The summed E-state index contributed by atoms with van der Waals surface area (Å²) in [4.78, 5) is 64.5. The van der Waals surface area contributed by atoms with Crippen LogP contribution in [0.25, 0.3) is 0 Å². The van der Waals surface area contributed by atoms with Crippen LogP contribution in [0.3, 0.4) is 0 Å². The Balaban J connectivity index is 1.82. The third-order valence-electron chi connectivity index (χ3n) is 1.72. The lowest BCUT2D eigenvalue weighted by Gasteiger charge is -2.10. The van der Waals surface area contributed by atoms with Gasteiger partial charge in [0.1, 0.15) is 0 Å². The van der Waals surface area contributed by atoms with Crippen molar-refractivity contribution in [3.05, 3.63) is 0 Å². The van der Waals surface area contributed by atoms with Crippen LogP contribution in [-0.4, -0.2) is 48.8 Å². The number of cyclic esters (lactones) is 4. The van der Waals surface area contributed by atoms with Gasteiger partial charge in [-0.1, -0.05) is 0 Å². The Morgan fingerprint density at radius 1 is 0.650 bits per heavy atom. The van der Waals surface area contributed by atoms with E-state index in [2.05, 4.69) is 28.4 Å². The maximum atomic E-state index is 11.1. The number of hydrogen-bond acceptors (Lipinski definition) is 12. The molecular weight excluding hydrogens is 288 g/mol. The van der Waals surface area contributed by atoms with E-state index in [-0.39, 0.29) is 0 Å². The summed E-state index contributed by atoms with van der Waals surface area (Å²) in [6, 6.07) is 0. The summed E-state index contributed by atoms with van der Waals surface area (Å²) >= 11 is 0. The normalized spacial score (nSPS) is 19.0. The van der Waals surface area contributed by atoms with Crippen LogP contribution in [0, 0.1) is 0 Å². The molecule has 0 saturated carbocycles. The van der Waals surface area contributed by atoms with Gasteiger partial charge in [0.25, 0.3) is 0 Å². The second-order valence-electron chi connectivity index (χ2n) is 3.01. The average molecular weight is 290 g/mol. The molecule has 0 N–H and O–H groups in total. The molecule has 20 heavy (non-hydrogen) atoms. The van der Waals surface area contributed by atoms with E-state index in [0.717, 1.165) is 0 Å². The summed E-state index contributed by atoms with van der Waals surface area (Å²) < 4.78 is 24.5. The van der Waals surface area contributed by atoms with E-state index in [0.29, 0.717) is 0 Å². The summed E-state index contributed by atoms with van der Waals surface area (Å²) in [5.74, 6) is -9.19. The molecule has 2 saturated heterocycles. The predicted molar refractivity (Wildman–Crippen MR) is 44.1 cm³/mol. The van der Waals surface area contributed by atoms with Crippen LogP contribution in [0.15, 0.2) is 0 Å². The van der Waals surface area contributed by atoms with Crippen molar-refractivity contribution in [2.45, 2.75) is 13.0 Å². The van der Waals surface area contributed by atoms with Gasteiger partial charge in [-0.25, -0.2) is 28.8 Å². The van der Waals surface area contributed by atoms with Gasteiger partial charge in [-0.05, 0) is 0 Å². The van der Waals surface area contributed by atoms with Crippen LogP contribution >= 0.6 is 0 Å². The number of rotatable bonds is 2. The molecule has 0 atom stereocenters. The van der Waals surface area contributed by atoms with Crippen LogP contribution in [-0.2, 0) is 57.2 Å². The molecule has 0 unspecified atom stereocenters. The minimum absolute atomic E-state index is 1.42. The third kappa shape index (κ3) is 2.63. The van der Waals surface area contributed by atoms with Gasteiger partial charge < -0.3 is 28.4 Å². The smallest absolute Gasteiger partial charge is 0.382 e. The van der Waals surface area contributed by atoms with Crippen molar-refractivity contribution >= 4 is 35.8 Å². The summed E-state index contributed by atoms with van der Waals surface area (Å²) in [5.41, 5.74) is 0. The van der Waals surface area contributed by atoms with Gasteiger partial charge in [-0.2, -0.15) is 0 Å². The molecule has 0 aromatic carbocycles. The molecule has 2 aliphatic heterocycles. The van der Waals surface area contributed by atoms with Crippen LogP contribution in [0.5, 0.6) is 0 Å². The quantitative estimate of drug-likeness (QED) is 0.371. The standard InChI is InChI=1S/C8H2O12/c9-1-2(10)16-7(15-1)19-5(13)6(14)20-8-17-3(11)4(12)18-8/h7-8H. The fraction of sp³-hybridized carbons (Fsp3) is 0.250. The van der Waals surface area contributed by atoms with Crippen molar-refractivity contribution < 1.29 is 57.2 Å². The van der Waals surface area contributed by atoms with Crippen molar-refractivity contribution in [1.82, 2.24) is 0 Å². The number of ether oxygens (including phenoxy) is 6. The highest BCUT2D eigenvalue weighted by molar-refractivity contribution is 6.32. The number of carbonyl (C=O) groups excluding carboxylic acids is 6. The summed E-state index contributed by atoms with van der Waals surface area (Å²) in [5, 5.41) is 0. The molecule has 0 bridgehead atoms. The zero-order chi connectivity index (χ0) is 14.9. The molecule has 12 nitrogen and oxygen atoms in total. The highest BCUT2D eigenvalue weighted by Gasteiger charge is 2.41.